The van der Waals surface area contributed by atoms with Gasteiger partial charge in [-0.15, -0.1) is 0 Å². The van der Waals surface area contributed by atoms with Crippen LogP contribution in [-0.2, 0) is 67.9 Å². The maximum Gasteiger partial charge on any atom is 0.305 e. The number of rotatable bonds is 14. The molecule has 1 rings (SSSR count). The number of aromatic nitrogens is 1. The summed E-state index contributed by atoms with van der Waals surface area (Å²) in [6.45, 7) is 4.37. The SMILES string of the molecule is CC(=O)[C@H](CC(=O)O)NC(=O)[C@@H](NC(=O)[C@H](Cc1ccncc1)NC(=O)[C@@H]([NH-])CC(=O)O)C(C)C.[Y]. The molecule has 0 fully saturated rings. The first-order valence-electron chi connectivity index (χ1n) is 10.8. The van der Waals surface area contributed by atoms with Gasteiger partial charge in [0.2, 0.25) is 17.7 Å². The van der Waals surface area contributed by atoms with E-state index in [1.165, 1.54) is 12.4 Å². The molecule has 195 valence electrons. The Labute approximate surface area is 233 Å². The fourth-order valence-electron chi connectivity index (χ4n) is 3.02. The number of nitrogens with zero attached hydrogens (tertiary/aromatic N) is 1. The van der Waals surface area contributed by atoms with Crippen LogP contribution in [0.2, 0.25) is 0 Å². The summed E-state index contributed by atoms with van der Waals surface area (Å²) < 4.78 is 0. The number of hydrogen-bond donors (Lipinski definition) is 5. The van der Waals surface area contributed by atoms with Crippen LogP contribution in [0.15, 0.2) is 24.5 Å². The number of carbonyl (C=O) groups excluding carboxylic acids is 4. The second-order valence-corrected chi connectivity index (χ2v) is 8.27. The van der Waals surface area contributed by atoms with E-state index in [4.69, 9.17) is 15.9 Å². The molecule has 1 heterocycles. The van der Waals surface area contributed by atoms with Crippen molar-refractivity contribution in [3.63, 3.8) is 0 Å². The molecule has 1 aromatic rings. The summed E-state index contributed by atoms with van der Waals surface area (Å²) >= 11 is 0. The van der Waals surface area contributed by atoms with E-state index in [2.05, 4.69) is 20.9 Å². The van der Waals surface area contributed by atoms with Crippen LogP contribution in [-0.4, -0.2) is 74.8 Å². The van der Waals surface area contributed by atoms with Gasteiger partial charge in [0.15, 0.2) is 5.78 Å². The summed E-state index contributed by atoms with van der Waals surface area (Å²) in [5.74, 6) is -6.25. The Bertz CT molecular complexity index is 944. The van der Waals surface area contributed by atoms with E-state index in [0.717, 1.165) is 6.92 Å². The van der Waals surface area contributed by atoms with Crippen molar-refractivity contribution in [2.24, 2.45) is 5.92 Å². The maximum absolute atomic E-state index is 13.1. The standard InChI is InChI=1S/C22H30N5O8.Y/c1-11(2)19(22(35)25-15(12(3)28)10-18(31)32)27-21(34)16(8-13-4-6-24-7-5-13)26-20(33)14(23)9-17(29)30;/h4-7,11,14-16,19,23H,8-10H2,1-3H3,(H,25,35)(H,26,33)(H,27,34)(H,29,30)(H,31,32);/q-1;/t14-,15-,16-,19-;/m0./s1. The zero-order chi connectivity index (χ0) is 26.7. The molecule has 0 spiro atoms. The first-order valence-corrected chi connectivity index (χ1v) is 10.8. The van der Waals surface area contributed by atoms with Crippen LogP contribution in [0, 0.1) is 5.92 Å². The Morgan fingerprint density at radius 1 is 0.861 bits per heavy atom. The number of nitrogens with one attached hydrogen (secondary N) is 4. The number of amides is 3. The van der Waals surface area contributed by atoms with Gasteiger partial charge in [-0.2, -0.15) is 0 Å². The van der Waals surface area contributed by atoms with Gasteiger partial charge < -0.3 is 31.9 Å². The topological polar surface area (TPSA) is 216 Å². The molecule has 0 unspecified atom stereocenters. The van der Waals surface area contributed by atoms with E-state index in [0.29, 0.717) is 5.56 Å². The summed E-state index contributed by atoms with van der Waals surface area (Å²) in [4.78, 5) is 75.6. The van der Waals surface area contributed by atoms with Crippen molar-refractivity contribution in [3.05, 3.63) is 35.8 Å². The molecule has 0 aromatic carbocycles. The number of hydrogen-bond acceptors (Lipinski definition) is 7. The zero-order valence-corrected chi connectivity index (χ0v) is 23.0. The van der Waals surface area contributed by atoms with Gasteiger partial charge in [-0.25, -0.2) is 0 Å². The summed E-state index contributed by atoms with van der Waals surface area (Å²) in [6.07, 6.45) is 1.51. The average molecular weight is 581 g/mol. The van der Waals surface area contributed by atoms with Gasteiger partial charge in [-0.05, 0) is 36.6 Å². The average Bonchev–Trinajstić information content (AvgIpc) is 2.75. The third kappa shape index (κ3) is 11.8. The molecular formula is C22H30N5O8Y-. The number of pyridine rings is 1. The molecule has 13 nitrogen and oxygen atoms in total. The van der Waals surface area contributed by atoms with Crippen LogP contribution < -0.4 is 16.0 Å². The molecule has 3 amide bonds. The van der Waals surface area contributed by atoms with E-state index in [9.17, 15) is 28.8 Å². The van der Waals surface area contributed by atoms with E-state index in [-0.39, 0.29) is 39.1 Å². The van der Waals surface area contributed by atoms with Crippen molar-refractivity contribution < 1.29 is 71.7 Å². The molecule has 0 aliphatic heterocycles. The van der Waals surface area contributed by atoms with Gasteiger partial charge >= 0.3 is 11.9 Å². The Morgan fingerprint density at radius 2 is 1.39 bits per heavy atom. The summed E-state index contributed by atoms with van der Waals surface area (Å²) in [6, 6.07) is -2.19. The molecular weight excluding hydrogens is 551 g/mol. The zero-order valence-electron chi connectivity index (χ0n) is 20.2. The van der Waals surface area contributed by atoms with E-state index in [1.54, 1.807) is 26.0 Å². The van der Waals surface area contributed by atoms with Gasteiger partial charge in [0, 0.05) is 57.9 Å². The molecule has 0 bridgehead atoms. The van der Waals surface area contributed by atoms with E-state index >= 15 is 0 Å². The largest absolute Gasteiger partial charge is 0.666 e. The van der Waals surface area contributed by atoms with E-state index in [1.807, 2.05) is 0 Å². The number of Topliss-reactive ketones (excluding diaryl/α,β-unsaturated/α-hetero) is 1. The fourth-order valence-corrected chi connectivity index (χ4v) is 3.02. The minimum atomic E-state index is -1.66. The van der Waals surface area contributed by atoms with Gasteiger partial charge in [-0.1, -0.05) is 13.8 Å². The van der Waals surface area contributed by atoms with Gasteiger partial charge in [-0.3, -0.25) is 33.8 Å². The number of ketones is 1. The van der Waals surface area contributed by atoms with Crippen molar-refractivity contribution in [1.29, 1.82) is 0 Å². The maximum atomic E-state index is 13.1. The third-order valence-electron chi connectivity index (χ3n) is 4.95. The molecule has 0 aliphatic rings. The summed E-state index contributed by atoms with van der Waals surface area (Å²) in [5.41, 5.74) is 8.30. The van der Waals surface area contributed by atoms with Crippen LogP contribution in [0.25, 0.3) is 5.73 Å². The Hall–Kier alpha value is -2.77. The first kappa shape index (κ1) is 33.2. The van der Waals surface area contributed by atoms with Gasteiger partial charge in [0.1, 0.15) is 12.1 Å². The molecule has 1 radical (unpaired) electrons. The molecule has 0 saturated heterocycles. The van der Waals surface area contributed by atoms with Crippen molar-refractivity contribution in [2.75, 3.05) is 0 Å². The summed E-state index contributed by atoms with van der Waals surface area (Å²) in [7, 11) is 0. The van der Waals surface area contributed by atoms with Crippen LogP contribution in [0.3, 0.4) is 0 Å². The van der Waals surface area contributed by atoms with Crippen LogP contribution >= 0.6 is 0 Å². The molecule has 1 aromatic heterocycles. The third-order valence-corrected chi connectivity index (χ3v) is 4.95. The van der Waals surface area contributed by atoms with Crippen molar-refractivity contribution in [2.45, 2.75) is 64.2 Å². The Morgan fingerprint density at radius 3 is 1.86 bits per heavy atom. The second-order valence-electron chi connectivity index (χ2n) is 8.27. The molecule has 0 aliphatic carbocycles. The van der Waals surface area contributed by atoms with E-state index < -0.39 is 78.4 Å². The van der Waals surface area contributed by atoms with Gasteiger partial charge in [0.05, 0.1) is 12.5 Å². The smallest absolute Gasteiger partial charge is 0.305 e. The minimum absolute atomic E-state index is 0. The number of carboxylic acid groups (broad SMARTS) is 2. The molecule has 0 saturated carbocycles. The fraction of sp³-hybridized carbons (Fsp3) is 0.500. The number of carbonyl (C=O) groups is 6. The van der Waals surface area contributed by atoms with Gasteiger partial charge in [0.25, 0.3) is 0 Å². The van der Waals surface area contributed by atoms with Crippen LogP contribution in [0.5, 0.6) is 0 Å². The molecule has 4 atom stereocenters. The van der Waals surface area contributed by atoms with Crippen LogP contribution in [0.4, 0.5) is 0 Å². The monoisotopic (exact) mass is 581 g/mol. The normalized spacial score (nSPS) is 13.8. The minimum Gasteiger partial charge on any atom is -0.666 e. The van der Waals surface area contributed by atoms with Crippen molar-refractivity contribution >= 4 is 35.4 Å². The Kier molecular flexibility index (Phi) is 14.8. The second kappa shape index (κ2) is 16.1. The first-order chi connectivity index (χ1) is 16.3. The van der Waals surface area contributed by atoms with Crippen LogP contribution in [0.1, 0.15) is 39.2 Å². The predicted molar refractivity (Wildman–Crippen MR) is 122 cm³/mol. The molecule has 36 heavy (non-hydrogen) atoms. The quantitative estimate of drug-likeness (QED) is 0.194. The summed E-state index contributed by atoms with van der Waals surface area (Å²) in [5, 5.41) is 25.0. The number of carboxylic acids is 2. The molecule has 14 heteroatoms. The number of aliphatic carboxylic acids is 2. The van der Waals surface area contributed by atoms with Crippen molar-refractivity contribution in [3.8, 4) is 0 Å². The van der Waals surface area contributed by atoms with Crippen molar-refractivity contribution in [1.82, 2.24) is 20.9 Å². The Balaban J connectivity index is 0.0000122. The predicted octanol–water partition coefficient (Wildman–Crippen LogP) is -0.309. The molecule has 6 N–H and O–H groups in total.